The van der Waals surface area contributed by atoms with Gasteiger partial charge in [-0.15, -0.1) is 0 Å². The molecule has 5 rings (SSSR count). The first-order valence-corrected chi connectivity index (χ1v) is 21.5. The van der Waals surface area contributed by atoms with Gasteiger partial charge in [-0.1, -0.05) is 78.9 Å². The maximum absolute atomic E-state index is 14.2. The Morgan fingerprint density at radius 1 is 0.697 bits per heavy atom. The highest BCUT2D eigenvalue weighted by Crippen LogP contribution is 2.19. The van der Waals surface area contributed by atoms with Crippen LogP contribution in [0, 0.1) is 0 Å². The molecule has 9 amide bonds. The van der Waals surface area contributed by atoms with Crippen molar-refractivity contribution in [2.24, 2.45) is 5.73 Å². The molecule has 1 fully saturated rings. The lowest BCUT2D eigenvalue weighted by molar-refractivity contribution is -0.136. The number of amides is 9. The van der Waals surface area contributed by atoms with Gasteiger partial charge in [0, 0.05) is 43.4 Å². The number of fused-ring (bicyclic) bond motifs is 1. The molecule has 5 atom stereocenters. The van der Waals surface area contributed by atoms with Crippen LogP contribution in [0.15, 0.2) is 91.1 Å². The smallest absolute Gasteiger partial charge is 0.245 e. The van der Waals surface area contributed by atoms with Gasteiger partial charge in [0.25, 0.3) is 0 Å². The Bertz CT molecular complexity index is 2340. The third kappa shape index (κ3) is 15.9. The van der Waals surface area contributed by atoms with Crippen LogP contribution in [0.25, 0.3) is 10.9 Å². The first-order valence-electron chi connectivity index (χ1n) is 21.5. The number of carbonyl (C=O) groups is 9. The van der Waals surface area contributed by atoms with E-state index < -0.39 is 109 Å². The van der Waals surface area contributed by atoms with Gasteiger partial charge < -0.3 is 58.0 Å². The minimum absolute atomic E-state index is 0.00607. The molecule has 1 saturated heterocycles. The number of carbonyl (C=O) groups excluding carboxylic acids is 9. The Balaban J connectivity index is 1.44. The Morgan fingerprint density at radius 3 is 2.06 bits per heavy atom. The fourth-order valence-corrected chi connectivity index (χ4v) is 7.10. The molecule has 20 nitrogen and oxygen atoms in total. The van der Waals surface area contributed by atoms with Crippen LogP contribution < -0.4 is 48.3 Å². The number of para-hydroxylation sites is 1. The molecule has 11 N–H and O–H groups in total. The summed E-state index contributed by atoms with van der Waals surface area (Å²) in [4.78, 5) is 123. The third-order valence-electron chi connectivity index (χ3n) is 10.6. The maximum Gasteiger partial charge on any atom is 0.245 e. The van der Waals surface area contributed by atoms with E-state index >= 15 is 0 Å². The SMILES string of the molecule is CC(=O)NCC(=O)NC1CC(=O)NCCCCC(C(N)=O)NC(=O)[C@H](Cc2c[nH]c3ccccc23)NC(=O)CNC(=O)C(Cc2ccccc2)NC(=O)C(COCc2ccccc2)NC1=O. The Kier molecular flexibility index (Phi) is 18.7. The van der Waals surface area contributed by atoms with Gasteiger partial charge in [0.15, 0.2) is 0 Å². The molecule has 1 aromatic heterocycles. The predicted molar refractivity (Wildman–Crippen MR) is 240 cm³/mol. The van der Waals surface area contributed by atoms with Crippen molar-refractivity contribution in [2.45, 2.75) is 82.3 Å². The van der Waals surface area contributed by atoms with Crippen LogP contribution in [-0.4, -0.2) is 115 Å². The molecule has 2 heterocycles. The van der Waals surface area contributed by atoms with Gasteiger partial charge in [-0.05, 0) is 42.0 Å². The van der Waals surface area contributed by atoms with Crippen molar-refractivity contribution in [1.82, 2.24) is 47.5 Å². The van der Waals surface area contributed by atoms with Crippen molar-refractivity contribution < 1.29 is 47.9 Å². The van der Waals surface area contributed by atoms with Gasteiger partial charge in [-0.3, -0.25) is 43.2 Å². The average Bonchev–Trinajstić information content (AvgIpc) is 3.71. The van der Waals surface area contributed by atoms with E-state index in [1.54, 1.807) is 60.8 Å². The molecule has 0 radical (unpaired) electrons. The highest BCUT2D eigenvalue weighted by Gasteiger charge is 2.32. The highest BCUT2D eigenvalue weighted by molar-refractivity contribution is 5.98. The molecule has 4 unspecified atom stereocenters. The van der Waals surface area contributed by atoms with E-state index in [1.165, 1.54) is 6.92 Å². The normalized spacial score (nSPS) is 20.9. The molecule has 20 heteroatoms. The van der Waals surface area contributed by atoms with Crippen LogP contribution >= 0.6 is 0 Å². The molecule has 1 aliphatic heterocycles. The summed E-state index contributed by atoms with van der Waals surface area (Å²) in [6, 6.07) is 18.3. The van der Waals surface area contributed by atoms with Gasteiger partial charge in [0.1, 0.15) is 30.2 Å². The zero-order valence-electron chi connectivity index (χ0n) is 36.5. The zero-order valence-corrected chi connectivity index (χ0v) is 36.5. The monoisotopic (exact) mass is 908 g/mol. The lowest BCUT2D eigenvalue weighted by atomic mass is 10.0. The van der Waals surface area contributed by atoms with E-state index in [9.17, 15) is 43.2 Å². The molecule has 350 valence electrons. The van der Waals surface area contributed by atoms with Crippen molar-refractivity contribution in [3.8, 4) is 0 Å². The number of ether oxygens (including phenoxy) is 1. The second kappa shape index (κ2) is 25.0. The Hall–Kier alpha value is -7.61. The zero-order chi connectivity index (χ0) is 47.4. The summed E-state index contributed by atoms with van der Waals surface area (Å²) in [5.74, 6) is -6.90. The summed E-state index contributed by atoms with van der Waals surface area (Å²) in [7, 11) is 0. The van der Waals surface area contributed by atoms with Gasteiger partial charge >= 0.3 is 0 Å². The van der Waals surface area contributed by atoms with E-state index in [1.807, 2.05) is 30.3 Å². The van der Waals surface area contributed by atoms with Crippen molar-refractivity contribution >= 4 is 64.1 Å². The number of primary amides is 1. The van der Waals surface area contributed by atoms with Gasteiger partial charge in [-0.2, -0.15) is 0 Å². The fourth-order valence-electron chi connectivity index (χ4n) is 7.10. The van der Waals surface area contributed by atoms with Crippen molar-refractivity contribution in [3.63, 3.8) is 0 Å². The molecule has 0 aliphatic carbocycles. The van der Waals surface area contributed by atoms with E-state index in [0.29, 0.717) is 24.0 Å². The van der Waals surface area contributed by atoms with Crippen molar-refractivity contribution in [2.75, 3.05) is 26.2 Å². The first kappa shape index (κ1) is 49.4. The number of benzene rings is 3. The quantitative estimate of drug-likeness (QED) is 0.0829. The molecule has 0 spiro atoms. The summed E-state index contributed by atoms with van der Waals surface area (Å²) in [6.07, 6.45) is 1.72. The largest absolute Gasteiger partial charge is 0.374 e. The minimum Gasteiger partial charge on any atom is -0.374 e. The predicted octanol–water partition coefficient (Wildman–Crippen LogP) is -0.978. The lowest BCUT2D eigenvalue weighted by Gasteiger charge is -2.25. The summed E-state index contributed by atoms with van der Waals surface area (Å²) in [5.41, 5.74) is 8.56. The van der Waals surface area contributed by atoms with Gasteiger partial charge in [-0.25, -0.2) is 0 Å². The number of aromatic nitrogens is 1. The van der Waals surface area contributed by atoms with Crippen LogP contribution in [0.1, 0.15) is 49.3 Å². The molecule has 0 saturated carbocycles. The third-order valence-corrected chi connectivity index (χ3v) is 10.6. The minimum atomic E-state index is -1.55. The second-order valence-corrected chi connectivity index (χ2v) is 15.8. The molecule has 4 aromatic rings. The molecular formula is C46H56N10O10. The van der Waals surface area contributed by atoms with Crippen LogP contribution in [-0.2, 0) is 67.3 Å². The van der Waals surface area contributed by atoms with Crippen LogP contribution in [0.3, 0.4) is 0 Å². The number of hydrogen-bond acceptors (Lipinski definition) is 10. The summed E-state index contributed by atoms with van der Waals surface area (Å²) in [5, 5.41) is 21.3. The molecule has 3 aromatic carbocycles. The number of hydrogen-bond donors (Lipinski definition) is 10. The molecular weight excluding hydrogens is 853 g/mol. The number of nitrogens with one attached hydrogen (secondary N) is 9. The topological polar surface area (TPSA) is 301 Å². The van der Waals surface area contributed by atoms with Gasteiger partial charge in [0.2, 0.25) is 53.2 Å². The number of rotatable bonds is 12. The summed E-state index contributed by atoms with van der Waals surface area (Å²) in [6.45, 7) is -0.270. The first-order chi connectivity index (χ1) is 31.7. The summed E-state index contributed by atoms with van der Waals surface area (Å²) < 4.78 is 5.86. The van der Waals surface area contributed by atoms with E-state index in [2.05, 4.69) is 47.5 Å². The number of nitrogens with two attached hydrogens (primary N) is 1. The van der Waals surface area contributed by atoms with E-state index in [-0.39, 0.29) is 32.4 Å². The second-order valence-electron chi connectivity index (χ2n) is 15.8. The molecule has 1 aliphatic rings. The summed E-state index contributed by atoms with van der Waals surface area (Å²) >= 11 is 0. The van der Waals surface area contributed by atoms with Crippen LogP contribution in [0.5, 0.6) is 0 Å². The van der Waals surface area contributed by atoms with E-state index in [4.69, 9.17) is 10.5 Å². The number of H-pyrrole nitrogens is 1. The lowest BCUT2D eigenvalue weighted by Crippen LogP contribution is -2.59. The number of aromatic amines is 1. The van der Waals surface area contributed by atoms with Crippen molar-refractivity contribution in [1.29, 1.82) is 0 Å². The van der Waals surface area contributed by atoms with Crippen LogP contribution in [0.4, 0.5) is 0 Å². The molecule has 0 bridgehead atoms. The fraction of sp³-hybridized carbons (Fsp3) is 0.370. The maximum atomic E-state index is 14.2. The van der Waals surface area contributed by atoms with E-state index in [0.717, 1.165) is 16.5 Å². The average molecular weight is 909 g/mol. The molecule has 66 heavy (non-hydrogen) atoms. The van der Waals surface area contributed by atoms with Gasteiger partial charge in [0.05, 0.1) is 32.7 Å². The van der Waals surface area contributed by atoms with Crippen molar-refractivity contribution in [3.05, 3.63) is 108 Å². The Labute approximate surface area is 380 Å². The Morgan fingerprint density at radius 2 is 1.35 bits per heavy atom. The van der Waals surface area contributed by atoms with Crippen LogP contribution in [0.2, 0.25) is 0 Å². The standard InChI is InChI=1S/C46H56N10O10/c1-28(57)49-24-40(59)53-37-22-39(58)48-19-11-10-18-34(42(47)61)54-44(63)36(21-31-23-50-33-17-9-8-16-32(31)33)52-41(60)25-51-43(62)35(20-29-12-4-2-5-13-29)55-46(65)38(56-45(37)64)27-66-26-30-14-6-3-7-15-30/h2-9,12-17,23,34-38,50H,10-11,18-22,24-27H2,1H3,(H2,47,61)(H,48,58)(H,49,57)(H,51,62)(H,52,60)(H,53,59)(H,54,63)(H,55,65)(H,56,64)/t34?,35?,36-,37?,38?/m0/s1. The highest BCUT2D eigenvalue weighted by atomic mass is 16.5.